The highest BCUT2D eigenvalue weighted by molar-refractivity contribution is 6.38. The highest BCUT2D eigenvalue weighted by Gasteiger charge is 2.28. The minimum atomic E-state index is -0.860. The fourth-order valence-corrected chi connectivity index (χ4v) is 2.97. The van der Waals surface area contributed by atoms with Crippen LogP contribution in [0.1, 0.15) is 52.5 Å². The summed E-state index contributed by atoms with van der Waals surface area (Å²) < 4.78 is 0. The minimum Gasteiger partial charge on any atom is -0.368 e. The molecule has 0 bridgehead atoms. The van der Waals surface area contributed by atoms with Gasteiger partial charge in [0.1, 0.15) is 6.04 Å². The zero-order valence-electron chi connectivity index (χ0n) is 18.3. The van der Waals surface area contributed by atoms with Crippen LogP contribution in [0.4, 0.5) is 0 Å². The van der Waals surface area contributed by atoms with Crippen molar-refractivity contribution in [3.63, 3.8) is 0 Å². The van der Waals surface area contributed by atoms with Crippen LogP contribution in [0, 0.1) is 0 Å². The molecule has 166 valence electrons. The van der Waals surface area contributed by atoms with Gasteiger partial charge in [-0.15, -0.1) is 0 Å². The topological polar surface area (TPSA) is 130 Å². The Morgan fingerprint density at radius 2 is 1.63 bits per heavy atom. The van der Waals surface area contributed by atoms with Crippen LogP contribution in [0.2, 0.25) is 0 Å². The van der Waals surface area contributed by atoms with E-state index in [1.165, 1.54) is 0 Å². The molecule has 0 aliphatic carbocycles. The van der Waals surface area contributed by atoms with Gasteiger partial charge in [0.25, 0.3) is 5.91 Å². The van der Waals surface area contributed by atoms with Crippen molar-refractivity contribution in [1.29, 1.82) is 0 Å². The molecule has 0 aromatic heterocycles. The number of rotatable bonds is 12. The molecule has 0 heterocycles. The van der Waals surface area contributed by atoms with Crippen molar-refractivity contribution in [1.82, 2.24) is 16.0 Å². The number of ketones is 1. The fraction of sp³-hybridized carbons (Fsp3) is 0.545. The first-order chi connectivity index (χ1) is 14.0. The maximum atomic E-state index is 12.4. The molecule has 0 aliphatic heterocycles. The normalized spacial score (nSPS) is 13.2. The van der Waals surface area contributed by atoms with Crippen LogP contribution in [0.5, 0.6) is 0 Å². The summed E-state index contributed by atoms with van der Waals surface area (Å²) in [5.74, 6) is -2.68. The number of nitrogens with two attached hydrogens (primary N) is 1. The van der Waals surface area contributed by atoms with E-state index in [-0.39, 0.29) is 5.54 Å². The smallest absolute Gasteiger partial charge is 0.289 e. The molecule has 1 aromatic carbocycles. The number of nitrogens with one attached hydrogen (secondary N) is 3. The molecular weight excluding hydrogens is 384 g/mol. The lowest BCUT2D eigenvalue weighted by Crippen LogP contribution is -2.53. The zero-order valence-corrected chi connectivity index (χ0v) is 18.3. The van der Waals surface area contributed by atoms with Crippen molar-refractivity contribution >= 4 is 23.5 Å². The Bertz CT molecular complexity index is 728. The second-order valence-electron chi connectivity index (χ2n) is 8.33. The first-order valence-electron chi connectivity index (χ1n) is 10.3. The molecule has 5 N–H and O–H groups in total. The number of amides is 3. The van der Waals surface area contributed by atoms with Crippen molar-refractivity contribution in [2.75, 3.05) is 6.54 Å². The quantitative estimate of drug-likeness (QED) is 0.374. The van der Waals surface area contributed by atoms with Crippen LogP contribution < -0.4 is 21.7 Å². The molecule has 0 radical (unpaired) electrons. The van der Waals surface area contributed by atoms with Crippen LogP contribution in [-0.2, 0) is 25.6 Å². The molecule has 0 saturated carbocycles. The molecule has 2 unspecified atom stereocenters. The van der Waals surface area contributed by atoms with E-state index < -0.39 is 42.1 Å². The van der Waals surface area contributed by atoms with Gasteiger partial charge >= 0.3 is 0 Å². The summed E-state index contributed by atoms with van der Waals surface area (Å²) in [4.78, 5) is 48.5. The van der Waals surface area contributed by atoms with E-state index in [4.69, 9.17) is 5.73 Å². The van der Waals surface area contributed by atoms with Gasteiger partial charge in [0.2, 0.25) is 17.6 Å². The lowest BCUT2D eigenvalue weighted by atomic mass is 10.0. The van der Waals surface area contributed by atoms with Gasteiger partial charge < -0.3 is 21.7 Å². The minimum absolute atomic E-state index is 0.333. The lowest BCUT2D eigenvalue weighted by molar-refractivity contribution is -0.140. The standard InChI is InChI=1S/C22H34N4O4/c1-5-9-16(26-22(2,3)4)19(28)21(30)24-14-18(27)25-17(20(23)29)13-12-15-10-7-6-8-11-15/h6-8,10-11,16-17,26H,5,9,12-14H2,1-4H3,(H2,23,29)(H,24,30)(H,25,27). The average molecular weight is 419 g/mol. The molecule has 2 atom stereocenters. The number of hydrogen-bond acceptors (Lipinski definition) is 5. The number of carbonyl (C=O) groups excluding carboxylic acids is 4. The maximum Gasteiger partial charge on any atom is 0.289 e. The molecule has 0 spiro atoms. The summed E-state index contributed by atoms with van der Waals surface area (Å²) in [6, 6.07) is 8.03. The third kappa shape index (κ3) is 9.65. The molecule has 0 saturated heterocycles. The summed E-state index contributed by atoms with van der Waals surface area (Å²) in [7, 11) is 0. The van der Waals surface area contributed by atoms with Gasteiger partial charge in [-0.25, -0.2) is 0 Å². The van der Waals surface area contributed by atoms with Gasteiger partial charge in [-0.2, -0.15) is 0 Å². The first kappa shape index (κ1) is 25.3. The number of primary amides is 1. The van der Waals surface area contributed by atoms with Gasteiger partial charge in [-0.3, -0.25) is 19.2 Å². The molecule has 0 aliphatic rings. The Kier molecular flexibility index (Phi) is 10.2. The van der Waals surface area contributed by atoms with E-state index >= 15 is 0 Å². The Hall–Kier alpha value is -2.74. The van der Waals surface area contributed by atoms with Crippen LogP contribution in [0.3, 0.4) is 0 Å². The van der Waals surface area contributed by atoms with E-state index in [1.807, 2.05) is 58.0 Å². The second-order valence-corrected chi connectivity index (χ2v) is 8.33. The Morgan fingerprint density at radius 1 is 1.00 bits per heavy atom. The summed E-state index contributed by atoms with van der Waals surface area (Å²) in [6.45, 7) is 7.25. The second kappa shape index (κ2) is 12.1. The number of aryl methyl sites for hydroxylation is 1. The Labute approximate surface area is 178 Å². The highest BCUT2D eigenvalue weighted by atomic mass is 16.2. The van der Waals surface area contributed by atoms with Crippen molar-refractivity contribution in [3.8, 4) is 0 Å². The molecule has 8 nitrogen and oxygen atoms in total. The van der Waals surface area contributed by atoms with Gasteiger partial charge in [-0.1, -0.05) is 43.7 Å². The fourth-order valence-electron chi connectivity index (χ4n) is 2.97. The van der Waals surface area contributed by atoms with E-state index in [0.717, 1.165) is 12.0 Å². The van der Waals surface area contributed by atoms with Crippen LogP contribution in [-0.4, -0.2) is 47.7 Å². The van der Waals surface area contributed by atoms with Crippen LogP contribution in [0.25, 0.3) is 0 Å². The monoisotopic (exact) mass is 418 g/mol. The summed E-state index contributed by atoms with van der Waals surface area (Å²) in [5, 5.41) is 7.98. The maximum absolute atomic E-state index is 12.4. The zero-order chi connectivity index (χ0) is 22.7. The third-order valence-electron chi connectivity index (χ3n) is 4.38. The van der Waals surface area contributed by atoms with Crippen molar-refractivity contribution < 1.29 is 19.2 Å². The molecule has 3 amide bonds. The van der Waals surface area contributed by atoms with Crippen molar-refractivity contribution in [3.05, 3.63) is 35.9 Å². The SMILES string of the molecule is CCCC(NC(C)(C)C)C(=O)C(=O)NCC(=O)NC(CCc1ccccc1)C(N)=O. The predicted octanol–water partition coefficient (Wildman–Crippen LogP) is 0.831. The molecular formula is C22H34N4O4. The van der Waals surface area contributed by atoms with Crippen LogP contribution >= 0.6 is 0 Å². The van der Waals surface area contributed by atoms with Gasteiger partial charge in [0.15, 0.2) is 0 Å². The van der Waals surface area contributed by atoms with Gasteiger partial charge in [-0.05, 0) is 45.6 Å². The van der Waals surface area contributed by atoms with E-state index in [9.17, 15) is 19.2 Å². The lowest BCUT2D eigenvalue weighted by Gasteiger charge is -2.27. The van der Waals surface area contributed by atoms with E-state index in [2.05, 4.69) is 16.0 Å². The molecule has 30 heavy (non-hydrogen) atoms. The highest BCUT2D eigenvalue weighted by Crippen LogP contribution is 2.07. The largest absolute Gasteiger partial charge is 0.368 e. The third-order valence-corrected chi connectivity index (χ3v) is 4.38. The molecule has 8 heteroatoms. The number of benzene rings is 1. The van der Waals surface area contributed by atoms with Gasteiger partial charge in [0.05, 0.1) is 12.6 Å². The molecule has 0 fully saturated rings. The van der Waals surface area contributed by atoms with Crippen LogP contribution in [0.15, 0.2) is 30.3 Å². The average Bonchev–Trinajstić information content (AvgIpc) is 2.68. The molecule has 1 rings (SSSR count). The van der Waals surface area contributed by atoms with Crippen molar-refractivity contribution in [2.45, 2.75) is 71.0 Å². The number of hydrogen-bond donors (Lipinski definition) is 4. The summed E-state index contributed by atoms with van der Waals surface area (Å²) in [5.41, 5.74) is 6.07. The predicted molar refractivity (Wildman–Crippen MR) is 115 cm³/mol. The van der Waals surface area contributed by atoms with E-state index in [1.54, 1.807) is 0 Å². The van der Waals surface area contributed by atoms with Gasteiger partial charge in [0, 0.05) is 5.54 Å². The first-order valence-corrected chi connectivity index (χ1v) is 10.3. The molecule has 1 aromatic rings. The van der Waals surface area contributed by atoms with E-state index in [0.29, 0.717) is 19.3 Å². The Balaban J connectivity index is 2.56. The Morgan fingerprint density at radius 3 is 2.17 bits per heavy atom. The number of carbonyl (C=O) groups is 4. The van der Waals surface area contributed by atoms with Crippen molar-refractivity contribution in [2.24, 2.45) is 5.73 Å². The summed E-state index contributed by atoms with van der Waals surface area (Å²) >= 11 is 0. The number of Topliss-reactive ketones (excluding diaryl/α,β-unsaturated/α-hetero) is 1. The summed E-state index contributed by atoms with van der Waals surface area (Å²) in [6.07, 6.45) is 2.15.